The van der Waals surface area contributed by atoms with E-state index in [2.05, 4.69) is 26.7 Å². The summed E-state index contributed by atoms with van der Waals surface area (Å²) < 4.78 is 0. The lowest BCUT2D eigenvalue weighted by atomic mass is 10.1. The van der Waals surface area contributed by atoms with Crippen LogP contribution in [0.3, 0.4) is 0 Å². The molecule has 0 aliphatic heterocycles. The number of benzene rings is 2. The summed E-state index contributed by atoms with van der Waals surface area (Å²) in [7, 11) is 0. The third-order valence-corrected chi connectivity index (χ3v) is 4.24. The molecule has 26 heavy (non-hydrogen) atoms. The molecule has 2 aromatic carbocycles. The number of nitrogens with one attached hydrogen (secondary N) is 2. The van der Waals surface area contributed by atoms with Crippen LogP contribution in [0.15, 0.2) is 60.8 Å². The highest BCUT2D eigenvalue weighted by Gasteiger charge is 2.23. The van der Waals surface area contributed by atoms with Crippen molar-refractivity contribution < 1.29 is 4.79 Å². The first-order valence-electron chi connectivity index (χ1n) is 8.75. The molecule has 3 aromatic rings. The third kappa shape index (κ3) is 3.88. The van der Waals surface area contributed by atoms with Gasteiger partial charge in [0, 0.05) is 29.1 Å². The van der Waals surface area contributed by atoms with E-state index in [-0.39, 0.29) is 5.91 Å². The van der Waals surface area contributed by atoms with Gasteiger partial charge in [-0.15, -0.1) is 0 Å². The fraction of sp³-hybridized carbons (Fsp3) is 0.190. The van der Waals surface area contributed by atoms with Gasteiger partial charge in [-0.25, -0.2) is 9.97 Å². The van der Waals surface area contributed by atoms with E-state index in [1.807, 2.05) is 55.5 Å². The maximum Gasteiger partial charge on any atom is 0.251 e. The Labute approximate surface area is 152 Å². The molecular weight excluding hydrogens is 324 g/mol. The lowest BCUT2D eigenvalue weighted by molar-refractivity contribution is 0.0951. The SMILES string of the molecule is Cc1cccc(-c2nccc(Nc3cccc(C(=O)NC4CC4)c3)n2)c1. The Morgan fingerprint density at radius 3 is 2.73 bits per heavy atom. The van der Waals surface area contributed by atoms with Crippen LogP contribution in [0.5, 0.6) is 0 Å². The molecular formula is C21H20N4O. The van der Waals surface area contributed by atoms with Crippen molar-refractivity contribution >= 4 is 17.4 Å². The van der Waals surface area contributed by atoms with E-state index < -0.39 is 0 Å². The van der Waals surface area contributed by atoms with E-state index in [1.54, 1.807) is 6.20 Å². The van der Waals surface area contributed by atoms with Gasteiger partial charge in [0.1, 0.15) is 5.82 Å². The number of hydrogen-bond donors (Lipinski definition) is 2. The molecule has 0 bridgehead atoms. The summed E-state index contributed by atoms with van der Waals surface area (Å²) in [5, 5.41) is 6.27. The Hall–Kier alpha value is -3.21. The Morgan fingerprint density at radius 2 is 1.92 bits per heavy atom. The molecule has 0 saturated heterocycles. The molecule has 5 nitrogen and oxygen atoms in total. The van der Waals surface area contributed by atoms with Crippen molar-refractivity contribution in [1.29, 1.82) is 0 Å². The fourth-order valence-electron chi connectivity index (χ4n) is 2.73. The minimum atomic E-state index is -0.0284. The molecule has 1 amide bonds. The van der Waals surface area contributed by atoms with E-state index in [9.17, 15) is 4.79 Å². The van der Waals surface area contributed by atoms with Crippen molar-refractivity contribution in [3.8, 4) is 11.4 Å². The van der Waals surface area contributed by atoms with Gasteiger partial charge in [0.15, 0.2) is 5.82 Å². The average molecular weight is 344 g/mol. The standard InChI is InChI=1S/C21H20N4O/c1-14-4-2-5-15(12-14)20-22-11-10-19(25-20)23-18-7-3-6-16(13-18)21(26)24-17-8-9-17/h2-7,10-13,17H,8-9H2,1H3,(H,24,26)(H,22,23,25). The van der Waals surface area contributed by atoms with Gasteiger partial charge in [-0.1, -0.05) is 29.8 Å². The predicted octanol–water partition coefficient (Wildman–Crippen LogP) is 4.09. The zero-order valence-electron chi connectivity index (χ0n) is 14.6. The van der Waals surface area contributed by atoms with Gasteiger partial charge >= 0.3 is 0 Å². The van der Waals surface area contributed by atoms with Crippen LogP contribution in [0.1, 0.15) is 28.8 Å². The molecule has 5 heteroatoms. The van der Waals surface area contributed by atoms with Gasteiger partial charge < -0.3 is 10.6 Å². The normalized spacial score (nSPS) is 13.3. The summed E-state index contributed by atoms with van der Waals surface area (Å²) in [5.74, 6) is 1.33. The first-order chi connectivity index (χ1) is 12.7. The first kappa shape index (κ1) is 16.3. The van der Waals surface area contributed by atoms with Crippen LogP contribution < -0.4 is 10.6 Å². The molecule has 1 saturated carbocycles. The minimum absolute atomic E-state index is 0.0284. The number of aromatic nitrogens is 2. The molecule has 1 aliphatic rings. The maximum atomic E-state index is 12.2. The van der Waals surface area contributed by atoms with Crippen molar-refractivity contribution in [2.24, 2.45) is 0 Å². The highest BCUT2D eigenvalue weighted by molar-refractivity contribution is 5.95. The summed E-state index contributed by atoms with van der Waals surface area (Å²) >= 11 is 0. The molecule has 0 unspecified atom stereocenters. The highest BCUT2D eigenvalue weighted by Crippen LogP contribution is 2.22. The molecule has 1 fully saturated rings. The second-order valence-corrected chi connectivity index (χ2v) is 6.59. The van der Waals surface area contributed by atoms with Gasteiger partial charge in [0.25, 0.3) is 5.91 Å². The van der Waals surface area contributed by atoms with Crippen LogP contribution in [-0.2, 0) is 0 Å². The van der Waals surface area contributed by atoms with Crippen molar-refractivity contribution in [1.82, 2.24) is 15.3 Å². The highest BCUT2D eigenvalue weighted by atomic mass is 16.1. The Balaban J connectivity index is 1.54. The summed E-state index contributed by atoms with van der Waals surface area (Å²) in [6.07, 6.45) is 3.88. The number of rotatable bonds is 5. The molecule has 0 spiro atoms. The summed E-state index contributed by atoms with van der Waals surface area (Å²) in [5.41, 5.74) is 3.61. The molecule has 0 atom stereocenters. The molecule has 4 rings (SSSR count). The molecule has 1 aromatic heterocycles. The van der Waals surface area contributed by atoms with Gasteiger partial charge in [0.05, 0.1) is 0 Å². The lowest BCUT2D eigenvalue weighted by Gasteiger charge is -2.09. The van der Waals surface area contributed by atoms with Crippen molar-refractivity contribution in [3.05, 3.63) is 71.9 Å². The number of anilines is 2. The lowest BCUT2D eigenvalue weighted by Crippen LogP contribution is -2.25. The maximum absolute atomic E-state index is 12.2. The van der Waals surface area contributed by atoms with E-state index in [1.165, 1.54) is 5.56 Å². The van der Waals surface area contributed by atoms with Gasteiger partial charge in [0.2, 0.25) is 0 Å². The van der Waals surface area contributed by atoms with Crippen molar-refractivity contribution in [3.63, 3.8) is 0 Å². The van der Waals surface area contributed by atoms with Gasteiger partial charge in [-0.2, -0.15) is 0 Å². The first-order valence-corrected chi connectivity index (χ1v) is 8.75. The second kappa shape index (κ2) is 6.96. The van der Waals surface area contributed by atoms with Crippen molar-refractivity contribution in [2.75, 3.05) is 5.32 Å². The van der Waals surface area contributed by atoms with Crippen LogP contribution >= 0.6 is 0 Å². The van der Waals surface area contributed by atoms with Crippen LogP contribution in [0, 0.1) is 6.92 Å². The third-order valence-electron chi connectivity index (χ3n) is 4.24. The minimum Gasteiger partial charge on any atom is -0.349 e. The van der Waals surface area contributed by atoms with E-state index in [4.69, 9.17) is 0 Å². The number of carbonyl (C=O) groups excluding carboxylic acids is 1. The quantitative estimate of drug-likeness (QED) is 0.732. The largest absolute Gasteiger partial charge is 0.349 e. The number of carbonyl (C=O) groups is 1. The molecule has 130 valence electrons. The predicted molar refractivity (Wildman–Crippen MR) is 102 cm³/mol. The van der Waals surface area contributed by atoms with E-state index >= 15 is 0 Å². The zero-order chi connectivity index (χ0) is 17.9. The number of nitrogens with zero attached hydrogens (tertiary/aromatic N) is 2. The Bertz CT molecular complexity index is 950. The molecule has 1 aliphatic carbocycles. The van der Waals surface area contributed by atoms with E-state index in [0.717, 1.165) is 24.1 Å². The number of hydrogen-bond acceptors (Lipinski definition) is 4. The zero-order valence-corrected chi connectivity index (χ0v) is 14.6. The van der Waals surface area contributed by atoms with Crippen LogP contribution in [0.2, 0.25) is 0 Å². The molecule has 1 heterocycles. The van der Waals surface area contributed by atoms with Crippen molar-refractivity contribution in [2.45, 2.75) is 25.8 Å². The fourth-order valence-corrected chi connectivity index (χ4v) is 2.73. The molecule has 0 radical (unpaired) electrons. The Morgan fingerprint density at radius 1 is 1.08 bits per heavy atom. The topological polar surface area (TPSA) is 66.9 Å². The van der Waals surface area contributed by atoms with Crippen LogP contribution in [-0.4, -0.2) is 21.9 Å². The van der Waals surface area contributed by atoms with Gasteiger partial charge in [-0.3, -0.25) is 4.79 Å². The summed E-state index contributed by atoms with van der Waals surface area (Å²) in [6.45, 7) is 2.05. The van der Waals surface area contributed by atoms with Crippen LogP contribution in [0.25, 0.3) is 11.4 Å². The Kier molecular flexibility index (Phi) is 4.35. The van der Waals surface area contributed by atoms with Gasteiger partial charge in [-0.05, 0) is 50.1 Å². The second-order valence-electron chi connectivity index (χ2n) is 6.59. The average Bonchev–Trinajstić information content (AvgIpc) is 3.46. The summed E-state index contributed by atoms with van der Waals surface area (Å²) in [4.78, 5) is 21.2. The smallest absolute Gasteiger partial charge is 0.251 e. The van der Waals surface area contributed by atoms with E-state index in [0.29, 0.717) is 23.2 Å². The molecule has 2 N–H and O–H groups in total. The monoisotopic (exact) mass is 344 g/mol. The number of aryl methyl sites for hydroxylation is 1. The number of amides is 1. The van der Waals surface area contributed by atoms with Crippen LogP contribution in [0.4, 0.5) is 11.5 Å². The summed E-state index contributed by atoms with van der Waals surface area (Å²) in [6, 6.07) is 17.7.